The summed E-state index contributed by atoms with van der Waals surface area (Å²) in [5.74, 6) is 2.62. The third-order valence-electron chi connectivity index (χ3n) is 16.0. The van der Waals surface area contributed by atoms with Gasteiger partial charge in [0.05, 0.1) is 26.2 Å². The first-order chi connectivity index (χ1) is 42.4. The van der Waals surface area contributed by atoms with Crippen LogP contribution < -0.4 is 27.0 Å². The predicted octanol–water partition coefficient (Wildman–Crippen LogP) is 9.47. The zero-order chi connectivity index (χ0) is 62.6. The average Bonchev–Trinajstić information content (AvgIpc) is 2.20. The first-order valence-corrected chi connectivity index (χ1v) is 29.2. The Balaban J connectivity index is 0.000000154. The van der Waals surface area contributed by atoms with Crippen LogP contribution in [0.15, 0.2) is 146 Å². The second kappa shape index (κ2) is 28.2. The smallest absolute Gasteiger partial charge is 0.251 e. The molecule has 0 saturated heterocycles. The van der Waals surface area contributed by atoms with E-state index in [1.807, 2.05) is 135 Å². The summed E-state index contributed by atoms with van der Waals surface area (Å²) in [5, 5.41) is 36.1. The molecule has 9 aromatic rings. The molecule has 3 aliphatic heterocycles. The van der Waals surface area contributed by atoms with Crippen molar-refractivity contribution >= 4 is 64.6 Å². The standard InChI is InChI=1S/C23H25N5O2.C22H24N4O2.C22H24N4O.CH3NO/c1-15(29)28-13-12-21-20(14-28)22(26-27(21)3)25-19-10-8-17(9-11-19)16-4-6-18(7-5-16)23(30)24-2;1-15(28)26-11-10-21-20(13-26)22(24-25(21)2)23-19-8-6-17(7-9-19)18-5-3-4-16(12-18)14-27;1-15-5-4-6-18(13-15)17-7-9-19(10-8-17)23-22-20-14-26(16(2)27)12-11-21(20)25(3)24-22;2-1-3/h4-11H,12-14H2,1-3H3,(H,24,30)(H,25,26);3-9,12,27H,10-11,13-14H2,1-2H3,(H,23,24);4-10,13H,11-12,14H2,1-3H3,(H,23,24);1H,(H2,2,3). The van der Waals surface area contributed by atoms with Crippen LogP contribution in [0.3, 0.4) is 0 Å². The van der Waals surface area contributed by atoms with E-state index >= 15 is 0 Å². The van der Waals surface area contributed by atoms with Gasteiger partial charge in [0.2, 0.25) is 24.1 Å². The molecular weight excluding hydrogens is 1110 g/mol. The number of hydrogen-bond acceptors (Lipinski definition) is 12. The zero-order valence-electron chi connectivity index (χ0n) is 51.1. The van der Waals surface area contributed by atoms with E-state index in [0.717, 1.165) is 118 Å². The number of nitrogens with zero attached hydrogens (tertiary/aromatic N) is 9. The molecule has 12 rings (SSSR count). The van der Waals surface area contributed by atoms with Crippen molar-refractivity contribution in [1.82, 2.24) is 49.4 Å². The van der Waals surface area contributed by atoms with Gasteiger partial charge in [-0.2, -0.15) is 15.3 Å². The SMILES string of the molecule is CC(=O)N1CCc2c(c(Nc3ccc(-c4cccc(C)c4)cc3)nn2C)C1.CC(=O)N1CCc2c(c(Nc3ccc(-c4cccc(CO)c4)cc3)nn2C)C1.CNC(=O)c1ccc(-c2ccc(Nc3nn(C)c4c3CN(C(C)=O)CC4)cc2)cc1.NC=O. The lowest BCUT2D eigenvalue weighted by atomic mass is 10.0. The number of anilines is 6. The topological polar surface area (TPSA) is 243 Å². The number of aliphatic hydroxyl groups is 1. The van der Waals surface area contributed by atoms with Crippen molar-refractivity contribution in [1.29, 1.82) is 0 Å². The van der Waals surface area contributed by atoms with Gasteiger partial charge in [0.15, 0.2) is 17.5 Å². The average molecular weight is 1190 g/mol. The molecule has 454 valence electrons. The number of hydrogen-bond donors (Lipinski definition) is 6. The molecule has 6 heterocycles. The van der Waals surface area contributed by atoms with Crippen molar-refractivity contribution in [3.63, 3.8) is 0 Å². The lowest BCUT2D eigenvalue weighted by Crippen LogP contribution is -2.34. The number of benzene rings is 6. The van der Waals surface area contributed by atoms with E-state index in [2.05, 4.69) is 110 Å². The van der Waals surface area contributed by atoms with Crippen molar-refractivity contribution in [3.8, 4) is 33.4 Å². The number of nitrogens with one attached hydrogen (secondary N) is 4. The van der Waals surface area contributed by atoms with Gasteiger partial charge in [-0.15, -0.1) is 0 Å². The Morgan fingerprint density at radius 3 is 1.16 bits per heavy atom. The molecule has 0 saturated carbocycles. The van der Waals surface area contributed by atoms with Gasteiger partial charge in [-0.25, -0.2) is 0 Å². The number of carbonyl (C=O) groups excluding carboxylic acids is 5. The maximum atomic E-state index is 11.8. The maximum absolute atomic E-state index is 11.8. The van der Waals surface area contributed by atoms with Gasteiger partial charge in [-0.3, -0.25) is 38.0 Å². The van der Waals surface area contributed by atoms with Gasteiger partial charge in [0.1, 0.15) is 0 Å². The molecule has 0 bridgehead atoms. The summed E-state index contributed by atoms with van der Waals surface area (Å²) in [6, 6.07) is 48.5. The Bertz CT molecular complexity index is 3940. The summed E-state index contributed by atoms with van der Waals surface area (Å²) >= 11 is 0. The lowest BCUT2D eigenvalue weighted by Gasteiger charge is -2.26. The Morgan fingerprint density at radius 1 is 0.500 bits per heavy atom. The molecule has 0 radical (unpaired) electrons. The maximum Gasteiger partial charge on any atom is 0.251 e. The molecular formula is C68H76N14O6. The molecule has 88 heavy (non-hydrogen) atoms. The third-order valence-corrected chi connectivity index (χ3v) is 16.0. The summed E-state index contributed by atoms with van der Waals surface area (Å²) < 4.78 is 5.73. The van der Waals surface area contributed by atoms with E-state index < -0.39 is 0 Å². The van der Waals surface area contributed by atoms with Crippen LogP contribution >= 0.6 is 0 Å². The Hall–Kier alpha value is -10.3. The molecule has 3 aliphatic rings. The Morgan fingerprint density at radius 2 is 0.830 bits per heavy atom. The minimum absolute atomic E-state index is 0.0372. The van der Waals surface area contributed by atoms with Crippen molar-refractivity contribution in [3.05, 3.63) is 196 Å². The van der Waals surface area contributed by atoms with Crippen LogP contribution in [0.25, 0.3) is 33.4 Å². The number of aromatic nitrogens is 6. The fraction of sp³-hybridized carbons (Fsp3) is 0.265. The number of aryl methyl sites for hydroxylation is 4. The van der Waals surface area contributed by atoms with Crippen LogP contribution in [-0.4, -0.2) is 106 Å². The fourth-order valence-electron chi connectivity index (χ4n) is 11.2. The highest BCUT2D eigenvalue weighted by atomic mass is 16.3. The molecule has 0 spiro atoms. The highest BCUT2D eigenvalue weighted by Crippen LogP contribution is 2.33. The molecule has 0 fully saturated rings. The predicted molar refractivity (Wildman–Crippen MR) is 344 cm³/mol. The second-order valence-corrected chi connectivity index (χ2v) is 21.9. The van der Waals surface area contributed by atoms with Gasteiger partial charge in [-0.1, -0.05) is 96.6 Å². The number of carbonyl (C=O) groups is 5. The Kier molecular flexibility index (Phi) is 20.0. The first-order valence-electron chi connectivity index (χ1n) is 29.2. The quantitative estimate of drug-likeness (QED) is 0.0664. The van der Waals surface area contributed by atoms with Gasteiger partial charge in [0, 0.05) is 144 Å². The van der Waals surface area contributed by atoms with Crippen molar-refractivity contribution in [2.45, 2.75) is 73.2 Å². The van der Waals surface area contributed by atoms with Crippen LogP contribution in [0.2, 0.25) is 0 Å². The largest absolute Gasteiger partial charge is 0.392 e. The van der Waals surface area contributed by atoms with Gasteiger partial charge in [0.25, 0.3) is 5.91 Å². The van der Waals surface area contributed by atoms with E-state index in [9.17, 15) is 24.3 Å². The highest BCUT2D eigenvalue weighted by molar-refractivity contribution is 5.94. The minimum atomic E-state index is -0.0943. The number of primary amides is 1. The monoisotopic (exact) mass is 1180 g/mol. The summed E-state index contributed by atoms with van der Waals surface area (Å²) in [4.78, 5) is 61.2. The number of amides is 5. The van der Waals surface area contributed by atoms with E-state index in [-0.39, 0.29) is 36.6 Å². The summed E-state index contributed by atoms with van der Waals surface area (Å²) in [6.45, 7) is 11.0. The molecule has 0 unspecified atom stereocenters. The summed E-state index contributed by atoms with van der Waals surface area (Å²) in [5.41, 5.74) is 23.3. The van der Waals surface area contributed by atoms with Crippen LogP contribution in [-0.2, 0) is 85.8 Å². The molecule has 7 N–H and O–H groups in total. The van der Waals surface area contributed by atoms with Gasteiger partial charge < -0.3 is 46.8 Å². The second-order valence-electron chi connectivity index (χ2n) is 21.9. The van der Waals surface area contributed by atoms with E-state index in [1.165, 1.54) is 33.8 Å². The molecule has 0 aliphatic carbocycles. The number of fused-ring (bicyclic) bond motifs is 3. The molecule has 20 heteroatoms. The fourth-order valence-corrected chi connectivity index (χ4v) is 11.2. The first kappa shape index (κ1) is 62.2. The molecule has 20 nitrogen and oxygen atoms in total. The van der Waals surface area contributed by atoms with Crippen LogP contribution in [0.1, 0.15) is 76.0 Å². The minimum Gasteiger partial charge on any atom is -0.392 e. The van der Waals surface area contributed by atoms with Crippen LogP contribution in [0, 0.1) is 6.92 Å². The summed E-state index contributed by atoms with van der Waals surface area (Å²) in [7, 11) is 7.48. The number of nitrogens with two attached hydrogens (primary N) is 1. The van der Waals surface area contributed by atoms with Gasteiger partial charge >= 0.3 is 0 Å². The normalized spacial score (nSPS) is 12.9. The molecule has 3 aromatic heterocycles. The van der Waals surface area contributed by atoms with Crippen molar-refractivity contribution in [2.24, 2.45) is 26.9 Å². The van der Waals surface area contributed by atoms with E-state index in [4.69, 9.17) is 4.79 Å². The Labute approximate surface area is 513 Å². The zero-order valence-corrected chi connectivity index (χ0v) is 51.1. The number of rotatable bonds is 11. The lowest BCUT2D eigenvalue weighted by molar-refractivity contribution is -0.130. The number of aliphatic hydroxyl groups excluding tert-OH is 1. The van der Waals surface area contributed by atoms with Crippen molar-refractivity contribution in [2.75, 3.05) is 42.6 Å². The molecule has 6 aromatic carbocycles. The highest BCUT2D eigenvalue weighted by Gasteiger charge is 2.28. The van der Waals surface area contributed by atoms with E-state index in [0.29, 0.717) is 25.2 Å². The summed E-state index contributed by atoms with van der Waals surface area (Å²) in [6.07, 6.45) is 2.72. The molecule has 0 atom stereocenters. The van der Waals surface area contributed by atoms with Crippen molar-refractivity contribution < 1.29 is 29.1 Å². The third kappa shape index (κ3) is 14.8. The van der Waals surface area contributed by atoms with E-state index in [1.54, 1.807) is 27.8 Å². The van der Waals surface area contributed by atoms with Gasteiger partial charge in [-0.05, 0) is 100 Å². The van der Waals surface area contributed by atoms with Crippen LogP contribution in [0.4, 0.5) is 34.5 Å². The van der Waals surface area contributed by atoms with Crippen LogP contribution in [0.5, 0.6) is 0 Å². The molecule has 5 amide bonds.